The van der Waals surface area contributed by atoms with Crippen LogP contribution in [-0.4, -0.2) is 45.8 Å². The molecule has 0 aliphatic heterocycles. The van der Waals surface area contributed by atoms with Crippen molar-refractivity contribution in [3.63, 3.8) is 0 Å². The fourth-order valence-corrected chi connectivity index (χ4v) is 5.05. The van der Waals surface area contributed by atoms with Gasteiger partial charge in [0.05, 0.1) is 30.2 Å². The number of nitrogens with one attached hydrogen (secondary N) is 1. The Hall–Kier alpha value is -1.89. The maximum absolute atomic E-state index is 13.4. The lowest BCUT2D eigenvalue weighted by atomic mass is 10.2. The van der Waals surface area contributed by atoms with Crippen molar-refractivity contribution < 1.29 is 18.4 Å². The molecule has 6 heteroatoms. The molecule has 0 aromatic heterocycles. The number of aliphatic hydroxyl groups is 1. The van der Waals surface area contributed by atoms with Crippen molar-refractivity contribution in [2.24, 2.45) is 0 Å². The summed E-state index contributed by atoms with van der Waals surface area (Å²) in [6, 6.07) is 15.9. The monoisotopic (exact) mass is 433 g/mol. The standard InChI is InChI=1S/C24H36N2O3S/c1-4-6-17-25(18-7-5-2)19-23(27)20-26(22-11-9-8-10-12-22)30(28,29)24-15-13-21(3)14-16-24/h8-16,23,27H,4-7,17-20H2,1-3H3/p+1/t23-/m1/s1. The van der Waals surface area contributed by atoms with Gasteiger partial charge in [-0.2, -0.15) is 0 Å². The molecule has 0 fully saturated rings. The van der Waals surface area contributed by atoms with Gasteiger partial charge in [0.1, 0.15) is 12.6 Å². The number of aliphatic hydroxyl groups excluding tert-OH is 1. The van der Waals surface area contributed by atoms with E-state index in [-0.39, 0.29) is 11.4 Å². The maximum Gasteiger partial charge on any atom is 0.264 e. The number of hydrogen-bond acceptors (Lipinski definition) is 3. The lowest BCUT2D eigenvalue weighted by Gasteiger charge is -2.29. The van der Waals surface area contributed by atoms with Gasteiger partial charge in [-0.05, 0) is 44.0 Å². The van der Waals surface area contributed by atoms with Gasteiger partial charge >= 0.3 is 0 Å². The van der Waals surface area contributed by atoms with Crippen molar-refractivity contribution in [1.29, 1.82) is 0 Å². The topological polar surface area (TPSA) is 62.1 Å². The minimum absolute atomic E-state index is 0.0436. The van der Waals surface area contributed by atoms with Crippen molar-refractivity contribution in [2.75, 3.05) is 30.5 Å². The number of nitrogens with zero attached hydrogens (tertiary/aromatic N) is 1. The quantitative estimate of drug-likeness (QED) is 0.510. The maximum atomic E-state index is 13.4. The minimum Gasteiger partial charge on any atom is -0.385 e. The highest BCUT2D eigenvalue weighted by Crippen LogP contribution is 2.24. The number of quaternary nitrogens is 1. The predicted octanol–water partition coefficient (Wildman–Crippen LogP) is 3.04. The molecule has 2 aromatic rings. The molecule has 2 rings (SSSR count). The van der Waals surface area contributed by atoms with Gasteiger partial charge in [0.2, 0.25) is 0 Å². The number of anilines is 1. The largest absolute Gasteiger partial charge is 0.385 e. The third kappa shape index (κ3) is 7.11. The van der Waals surface area contributed by atoms with Crippen LogP contribution in [0.15, 0.2) is 59.5 Å². The fraction of sp³-hybridized carbons (Fsp3) is 0.500. The molecule has 0 heterocycles. The van der Waals surface area contributed by atoms with Gasteiger partial charge in [0.25, 0.3) is 10.0 Å². The summed E-state index contributed by atoms with van der Waals surface area (Å²) in [5.41, 5.74) is 1.58. The van der Waals surface area contributed by atoms with E-state index in [2.05, 4.69) is 13.8 Å². The summed E-state index contributed by atoms with van der Waals surface area (Å²) in [7, 11) is -3.77. The van der Waals surface area contributed by atoms with Crippen LogP contribution in [-0.2, 0) is 10.0 Å². The van der Waals surface area contributed by atoms with Gasteiger partial charge in [-0.25, -0.2) is 8.42 Å². The molecule has 5 nitrogen and oxygen atoms in total. The number of benzene rings is 2. The van der Waals surface area contributed by atoms with Crippen LogP contribution in [0.1, 0.15) is 45.1 Å². The highest BCUT2D eigenvalue weighted by molar-refractivity contribution is 7.92. The SMILES string of the molecule is CCCC[NH+](CCCC)C[C@@H](O)CN(c1ccccc1)S(=O)(=O)c1ccc(C)cc1. The van der Waals surface area contributed by atoms with E-state index in [1.165, 1.54) is 9.21 Å². The number of para-hydroxylation sites is 1. The molecule has 0 aliphatic rings. The zero-order valence-corrected chi connectivity index (χ0v) is 19.4. The Bertz CT molecular complexity index is 831. The first-order valence-electron chi connectivity index (χ1n) is 11.0. The first kappa shape index (κ1) is 24.4. The van der Waals surface area contributed by atoms with Gasteiger partial charge in [0.15, 0.2) is 0 Å². The molecule has 0 spiro atoms. The molecule has 2 N–H and O–H groups in total. The van der Waals surface area contributed by atoms with E-state index in [0.717, 1.165) is 44.3 Å². The zero-order valence-electron chi connectivity index (χ0n) is 18.5. The van der Waals surface area contributed by atoms with E-state index in [1.54, 1.807) is 36.4 Å². The second kappa shape index (κ2) is 12.1. The Kier molecular flexibility index (Phi) is 9.82. The van der Waals surface area contributed by atoms with Gasteiger partial charge in [0, 0.05) is 0 Å². The molecular weight excluding hydrogens is 396 g/mol. The van der Waals surface area contributed by atoms with E-state index < -0.39 is 16.1 Å². The number of aryl methyl sites for hydroxylation is 1. The molecule has 2 aromatic carbocycles. The number of hydrogen-bond donors (Lipinski definition) is 2. The van der Waals surface area contributed by atoms with Crippen molar-refractivity contribution in [3.05, 3.63) is 60.2 Å². The van der Waals surface area contributed by atoms with E-state index in [1.807, 2.05) is 25.1 Å². The fourth-order valence-electron chi connectivity index (χ4n) is 3.55. The summed E-state index contributed by atoms with van der Waals surface area (Å²) in [6.07, 6.45) is 3.70. The summed E-state index contributed by atoms with van der Waals surface area (Å²) >= 11 is 0. The van der Waals surface area contributed by atoms with Crippen LogP contribution in [0, 0.1) is 6.92 Å². The Labute approximate surface area is 182 Å². The van der Waals surface area contributed by atoms with Crippen LogP contribution in [0.4, 0.5) is 5.69 Å². The molecule has 0 radical (unpaired) electrons. The smallest absolute Gasteiger partial charge is 0.264 e. The van der Waals surface area contributed by atoms with Crippen LogP contribution in [0.5, 0.6) is 0 Å². The third-order valence-electron chi connectivity index (χ3n) is 5.32. The summed E-state index contributed by atoms with van der Waals surface area (Å²) in [6.45, 7) is 8.86. The zero-order chi connectivity index (χ0) is 22.0. The summed E-state index contributed by atoms with van der Waals surface area (Å²) in [4.78, 5) is 1.58. The Morgan fingerprint density at radius 1 is 0.933 bits per heavy atom. The Balaban J connectivity index is 2.24. The van der Waals surface area contributed by atoms with Crippen LogP contribution >= 0.6 is 0 Å². The summed E-state index contributed by atoms with van der Waals surface area (Å²) in [5.74, 6) is 0. The summed E-state index contributed by atoms with van der Waals surface area (Å²) in [5, 5.41) is 10.9. The molecule has 166 valence electrons. The molecule has 30 heavy (non-hydrogen) atoms. The summed E-state index contributed by atoms with van der Waals surface area (Å²) < 4.78 is 28.2. The van der Waals surface area contributed by atoms with Gasteiger partial charge in [-0.1, -0.05) is 62.6 Å². The molecule has 0 amide bonds. The number of sulfonamides is 1. The van der Waals surface area contributed by atoms with Crippen molar-refractivity contribution in [1.82, 2.24) is 0 Å². The minimum atomic E-state index is -3.77. The van der Waals surface area contributed by atoms with Crippen LogP contribution in [0.2, 0.25) is 0 Å². The first-order valence-corrected chi connectivity index (χ1v) is 12.5. The van der Waals surface area contributed by atoms with Crippen molar-refractivity contribution >= 4 is 15.7 Å². The third-order valence-corrected chi connectivity index (χ3v) is 7.13. The molecule has 0 unspecified atom stereocenters. The normalized spacial score (nSPS) is 12.8. The van der Waals surface area contributed by atoms with E-state index in [0.29, 0.717) is 12.2 Å². The van der Waals surface area contributed by atoms with Crippen molar-refractivity contribution in [2.45, 2.75) is 57.5 Å². The molecular formula is C24H37N2O3S+. The average molecular weight is 434 g/mol. The van der Waals surface area contributed by atoms with Gasteiger partial charge in [-0.3, -0.25) is 4.31 Å². The predicted molar refractivity (Wildman–Crippen MR) is 124 cm³/mol. The average Bonchev–Trinajstić information content (AvgIpc) is 2.74. The lowest BCUT2D eigenvalue weighted by Crippen LogP contribution is -3.13. The molecule has 0 saturated carbocycles. The lowest BCUT2D eigenvalue weighted by molar-refractivity contribution is -0.903. The van der Waals surface area contributed by atoms with Crippen molar-refractivity contribution in [3.8, 4) is 0 Å². The van der Waals surface area contributed by atoms with E-state index in [4.69, 9.17) is 0 Å². The van der Waals surface area contributed by atoms with Crippen LogP contribution in [0.25, 0.3) is 0 Å². The van der Waals surface area contributed by atoms with Crippen LogP contribution in [0.3, 0.4) is 0 Å². The Morgan fingerprint density at radius 3 is 2.03 bits per heavy atom. The second-order valence-corrected chi connectivity index (χ2v) is 9.86. The molecule has 1 atom stereocenters. The van der Waals surface area contributed by atoms with Gasteiger partial charge in [-0.15, -0.1) is 0 Å². The van der Waals surface area contributed by atoms with Gasteiger partial charge < -0.3 is 10.0 Å². The number of rotatable bonds is 13. The highest BCUT2D eigenvalue weighted by atomic mass is 32.2. The molecule has 0 saturated heterocycles. The first-order chi connectivity index (χ1) is 14.4. The number of unbranched alkanes of at least 4 members (excludes halogenated alkanes) is 2. The van der Waals surface area contributed by atoms with E-state index in [9.17, 15) is 13.5 Å². The highest BCUT2D eigenvalue weighted by Gasteiger charge is 2.28. The Morgan fingerprint density at radius 2 is 1.50 bits per heavy atom. The molecule has 0 aliphatic carbocycles. The molecule has 0 bridgehead atoms. The second-order valence-electron chi connectivity index (χ2n) is 8.00. The van der Waals surface area contributed by atoms with E-state index >= 15 is 0 Å². The van der Waals surface area contributed by atoms with Crippen LogP contribution < -0.4 is 9.21 Å².